The van der Waals surface area contributed by atoms with Gasteiger partial charge in [-0.2, -0.15) is 5.10 Å². The molecular formula is C12H13N3O. The first kappa shape index (κ1) is 9.42. The van der Waals surface area contributed by atoms with E-state index in [1.54, 1.807) is 0 Å². The first-order valence-corrected chi connectivity index (χ1v) is 5.32. The van der Waals surface area contributed by atoms with Gasteiger partial charge in [-0.25, -0.2) is 0 Å². The minimum Gasteiger partial charge on any atom is -0.382 e. The number of nitrogens with one attached hydrogen (secondary N) is 1. The molecule has 2 heterocycles. The van der Waals surface area contributed by atoms with Gasteiger partial charge in [-0.1, -0.05) is 24.3 Å². The summed E-state index contributed by atoms with van der Waals surface area (Å²) in [7, 11) is 0. The molecule has 1 aliphatic heterocycles. The predicted molar refractivity (Wildman–Crippen MR) is 62.0 cm³/mol. The summed E-state index contributed by atoms with van der Waals surface area (Å²) in [5, 5.41) is 6.91. The first-order chi connectivity index (χ1) is 7.84. The number of nitrogens with two attached hydrogens (primary N) is 1. The molecule has 3 rings (SSSR count). The summed E-state index contributed by atoms with van der Waals surface area (Å²) >= 11 is 0. The zero-order chi connectivity index (χ0) is 11.0. The number of nitrogen functional groups attached to an aromatic ring is 1. The lowest BCUT2D eigenvalue weighted by molar-refractivity contribution is 0.00863. The van der Waals surface area contributed by atoms with Crippen LogP contribution in [0.4, 0.5) is 5.82 Å². The zero-order valence-electron chi connectivity index (χ0n) is 8.81. The molecule has 0 bridgehead atoms. The topological polar surface area (TPSA) is 63.9 Å². The number of ether oxygens (including phenoxy) is 1. The van der Waals surface area contributed by atoms with Gasteiger partial charge in [-0.3, -0.25) is 5.10 Å². The number of benzene rings is 1. The molecule has 0 saturated carbocycles. The zero-order valence-corrected chi connectivity index (χ0v) is 8.81. The summed E-state index contributed by atoms with van der Waals surface area (Å²) in [6.07, 6.45) is 0. The summed E-state index contributed by atoms with van der Waals surface area (Å²) in [5.41, 5.74) is 9.06. The van der Waals surface area contributed by atoms with E-state index < -0.39 is 0 Å². The number of H-pyrrole nitrogens is 1. The number of anilines is 1. The fourth-order valence-electron chi connectivity index (χ4n) is 1.99. The third kappa shape index (κ3) is 1.47. The molecule has 0 spiro atoms. The molecule has 2 aromatic rings. The van der Waals surface area contributed by atoms with E-state index in [2.05, 4.69) is 28.4 Å². The van der Waals surface area contributed by atoms with Crippen LogP contribution in [0.25, 0.3) is 11.3 Å². The van der Waals surface area contributed by atoms with Crippen molar-refractivity contribution in [3.63, 3.8) is 0 Å². The van der Waals surface area contributed by atoms with Crippen LogP contribution < -0.4 is 5.73 Å². The van der Waals surface area contributed by atoms with Crippen molar-refractivity contribution in [2.45, 2.75) is 5.92 Å². The summed E-state index contributed by atoms with van der Waals surface area (Å²) in [6.45, 7) is 1.61. The molecule has 1 saturated heterocycles. The Labute approximate surface area is 93.4 Å². The van der Waals surface area contributed by atoms with E-state index in [-0.39, 0.29) is 0 Å². The quantitative estimate of drug-likeness (QED) is 0.802. The molecule has 0 atom stereocenters. The molecule has 1 fully saturated rings. The molecule has 4 nitrogen and oxygen atoms in total. The Kier molecular flexibility index (Phi) is 2.15. The lowest BCUT2D eigenvalue weighted by Crippen LogP contribution is -2.25. The smallest absolute Gasteiger partial charge is 0.145 e. The standard InChI is InChI=1S/C12H13N3O/c13-12-5-11(14-15-12)10-4-2-1-3-9(10)8-6-16-7-8/h1-5,8H,6-7H2,(H3,13,14,15). The van der Waals surface area contributed by atoms with Gasteiger partial charge in [0.05, 0.1) is 18.9 Å². The van der Waals surface area contributed by atoms with Crippen LogP contribution in [-0.4, -0.2) is 23.4 Å². The van der Waals surface area contributed by atoms with Gasteiger partial charge in [-0.05, 0) is 5.56 Å². The molecule has 1 aliphatic rings. The van der Waals surface area contributed by atoms with Crippen LogP contribution in [0.5, 0.6) is 0 Å². The Hall–Kier alpha value is -1.81. The largest absolute Gasteiger partial charge is 0.382 e. The molecule has 3 N–H and O–H groups in total. The van der Waals surface area contributed by atoms with Crippen molar-refractivity contribution in [3.05, 3.63) is 35.9 Å². The Morgan fingerprint density at radius 1 is 1.31 bits per heavy atom. The fourth-order valence-corrected chi connectivity index (χ4v) is 1.99. The third-order valence-corrected chi connectivity index (χ3v) is 2.93. The van der Waals surface area contributed by atoms with E-state index in [1.807, 2.05) is 12.1 Å². The van der Waals surface area contributed by atoms with Gasteiger partial charge < -0.3 is 10.5 Å². The highest BCUT2D eigenvalue weighted by Gasteiger charge is 2.23. The van der Waals surface area contributed by atoms with Crippen LogP contribution in [0, 0.1) is 0 Å². The number of rotatable bonds is 2. The van der Waals surface area contributed by atoms with E-state index in [4.69, 9.17) is 10.5 Å². The van der Waals surface area contributed by atoms with Crippen molar-refractivity contribution < 1.29 is 4.74 Å². The molecule has 16 heavy (non-hydrogen) atoms. The SMILES string of the molecule is Nc1cc(-c2ccccc2C2COC2)[nH]n1. The molecule has 1 aromatic heterocycles. The molecule has 1 aromatic carbocycles. The summed E-state index contributed by atoms with van der Waals surface area (Å²) in [4.78, 5) is 0. The number of hydrogen-bond donors (Lipinski definition) is 2. The van der Waals surface area contributed by atoms with Crippen LogP contribution in [0.3, 0.4) is 0 Å². The maximum absolute atomic E-state index is 5.62. The van der Waals surface area contributed by atoms with Crippen molar-refractivity contribution in [2.75, 3.05) is 18.9 Å². The second-order valence-electron chi connectivity index (χ2n) is 4.03. The van der Waals surface area contributed by atoms with Gasteiger partial charge in [-0.15, -0.1) is 0 Å². The number of aromatic nitrogens is 2. The van der Waals surface area contributed by atoms with Gasteiger partial charge in [0, 0.05) is 17.5 Å². The van der Waals surface area contributed by atoms with E-state index in [1.165, 1.54) is 11.1 Å². The average molecular weight is 215 g/mol. The van der Waals surface area contributed by atoms with Crippen molar-refractivity contribution in [3.8, 4) is 11.3 Å². The van der Waals surface area contributed by atoms with Gasteiger partial charge >= 0.3 is 0 Å². The average Bonchev–Trinajstić information content (AvgIpc) is 2.63. The molecule has 0 unspecified atom stereocenters. The molecular weight excluding hydrogens is 202 g/mol. The second kappa shape index (κ2) is 3.64. The van der Waals surface area contributed by atoms with Crippen LogP contribution in [0.15, 0.2) is 30.3 Å². The third-order valence-electron chi connectivity index (χ3n) is 2.93. The predicted octanol–water partition coefficient (Wildman–Crippen LogP) is 1.77. The Bertz CT molecular complexity index is 502. The minimum atomic E-state index is 0.501. The van der Waals surface area contributed by atoms with Gasteiger partial charge in [0.15, 0.2) is 0 Å². The van der Waals surface area contributed by atoms with Crippen molar-refractivity contribution in [1.29, 1.82) is 0 Å². The van der Waals surface area contributed by atoms with Crippen molar-refractivity contribution in [2.24, 2.45) is 0 Å². The van der Waals surface area contributed by atoms with Crippen molar-refractivity contribution >= 4 is 5.82 Å². The molecule has 0 amide bonds. The first-order valence-electron chi connectivity index (χ1n) is 5.32. The van der Waals surface area contributed by atoms with Gasteiger partial charge in [0.25, 0.3) is 0 Å². The number of hydrogen-bond acceptors (Lipinski definition) is 3. The lowest BCUT2D eigenvalue weighted by atomic mass is 9.91. The van der Waals surface area contributed by atoms with Gasteiger partial charge in [0.1, 0.15) is 5.82 Å². The maximum Gasteiger partial charge on any atom is 0.145 e. The number of aromatic amines is 1. The molecule has 4 heteroatoms. The van der Waals surface area contributed by atoms with E-state index in [0.29, 0.717) is 11.7 Å². The van der Waals surface area contributed by atoms with E-state index in [9.17, 15) is 0 Å². The highest BCUT2D eigenvalue weighted by Crippen LogP contribution is 2.32. The van der Waals surface area contributed by atoms with E-state index in [0.717, 1.165) is 18.9 Å². The lowest BCUT2D eigenvalue weighted by Gasteiger charge is -2.27. The maximum atomic E-state index is 5.62. The minimum absolute atomic E-state index is 0.501. The highest BCUT2D eigenvalue weighted by atomic mass is 16.5. The molecule has 0 radical (unpaired) electrons. The summed E-state index contributed by atoms with van der Waals surface area (Å²) in [5.74, 6) is 1.02. The second-order valence-corrected chi connectivity index (χ2v) is 4.03. The molecule has 82 valence electrons. The summed E-state index contributed by atoms with van der Waals surface area (Å²) in [6, 6.07) is 10.2. The fraction of sp³-hybridized carbons (Fsp3) is 0.250. The Morgan fingerprint density at radius 2 is 2.12 bits per heavy atom. The Balaban J connectivity index is 2.05. The normalized spacial score (nSPS) is 16.0. The van der Waals surface area contributed by atoms with Crippen LogP contribution in [0.1, 0.15) is 11.5 Å². The monoisotopic (exact) mass is 215 g/mol. The van der Waals surface area contributed by atoms with Crippen molar-refractivity contribution in [1.82, 2.24) is 10.2 Å². The van der Waals surface area contributed by atoms with Gasteiger partial charge in [0.2, 0.25) is 0 Å². The number of nitrogens with zero attached hydrogens (tertiary/aromatic N) is 1. The Morgan fingerprint density at radius 3 is 2.75 bits per heavy atom. The van der Waals surface area contributed by atoms with Crippen LogP contribution >= 0.6 is 0 Å². The van der Waals surface area contributed by atoms with E-state index >= 15 is 0 Å². The molecule has 0 aliphatic carbocycles. The van der Waals surface area contributed by atoms with Crippen LogP contribution in [0.2, 0.25) is 0 Å². The highest BCUT2D eigenvalue weighted by molar-refractivity contribution is 5.66. The summed E-state index contributed by atoms with van der Waals surface area (Å²) < 4.78 is 5.23. The van der Waals surface area contributed by atoms with Crippen LogP contribution in [-0.2, 0) is 4.74 Å².